The van der Waals surface area contributed by atoms with E-state index in [0.717, 1.165) is 0 Å². The molecule has 2 aliphatic heterocycles. The van der Waals surface area contributed by atoms with Crippen LogP contribution in [0.5, 0.6) is 5.75 Å². The van der Waals surface area contributed by atoms with Gasteiger partial charge in [0.15, 0.2) is 17.6 Å². The Morgan fingerprint density at radius 2 is 2.09 bits per heavy atom. The number of amides is 1. The van der Waals surface area contributed by atoms with Crippen molar-refractivity contribution in [2.45, 2.75) is 31.3 Å². The summed E-state index contributed by atoms with van der Waals surface area (Å²) in [6.45, 7) is 1.88. The molecule has 1 aromatic carbocycles. The second-order valence-corrected chi connectivity index (χ2v) is 8.74. The molecule has 5 rings (SSSR count). The van der Waals surface area contributed by atoms with Gasteiger partial charge in [-0.25, -0.2) is 9.37 Å². The maximum atomic E-state index is 14.0. The summed E-state index contributed by atoms with van der Waals surface area (Å²) in [7, 11) is 1.70. The lowest BCUT2D eigenvalue weighted by molar-refractivity contribution is -0.688. The smallest absolute Gasteiger partial charge is 0.296 e. The number of aromatic nitrogens is 5. The highest BCUT2D eigenvalue weighted by molar-refractivity contribution is 5.94. The standard InChI is InChI=1S/C23H25FN6O5/c1-28-26-6-7-30(28)17-12-16(24)3-2-15(17)13-25-20(32)18-19(31)21(33)29-8-11-35-14-23(22(29)27-18)4-9-34-10-5-23/h2-3,6-7,12H,4-5,8-11,13-14H2,1H3,(H-,25,31,32)/p+1. The summed E-state index contributed by atoms with van der Waals surface area (Å²) < 4.78 is 28.3. The van der Waals surface area contributed by atoms with E-state index in [1.807, 2.05) is 0 Å². The molecular formula is C23H26FN6O5+. The number of rotatable bonds is 4. The molecule has 35 heavy (non-hydrogen) atoms. The van der Waals surface area contributed by atoms with Gasteiger partial charge in [-0.3, -0.25) is 14.2 Å². The number of benzene rings is 1. The Hall–Kier alpha value is -3.64. The summed E-state index contributed by atoms with van der Waals surface area (Å²) in [5.41, 5.74) is -0.497. The minimum atomic E-state index is -0.712. The van der Waals surface area contributed by atoms with E-state index in [-0.39, 0.29) is 18.8 Å². The Balaban J connectivity index is 1.47. The molecule has 184 valence electrons. The van der Waals surface area contributed by atoms with Gasteiger partial charge >= 0.3 is 0 Å². The molecule has 1 spiro atoms. The van der Waals surface area contributed by atoms with Crippen LogP contribution in [0.1, 0.15) is 34.7 Å². The maximum Gasteiger partial charge on any atom is 0.296 e. The van der Waals surface area contributed by atoms with Crippen molar-refractivity contribution >= 4 is 5.91 Å². The molecule has 0 aliphatic carbocycles. The zero-order valence-corrected chi connectivity index (χ0v) is 19.2. The van der Waals surface area contributed by atoms with Gasteiger partial charge in [0.25, 0.3) is 11.5 Å². The van der Waals surface area contributed by atoms with Gasteiger partial charge in [0.1, 0.15) is 11.6 Å². The van der Waals surface area contributed by atoms with Crippen LogP contribution in [0.2, 0.25) is 0 Å². The van der Waals surface area contributed by atoms with Gasteiger partial charge in [0.05, 0.1) is 32.2 Å². The summed E-state index contributed by atoms with van der Waals surface area (Å²) in [5, 5.41) is 17.4. The van der Waals surface area contributed by atoms with Crippen molar-refractivity contribution in [2.24, 2.45) is 7.05 Å². The molecule has 3 aromatic rings. The minimum absolute atomic E-state index is 0.00819. The molecule has 4 heterocycles. The van der Waals surface area contributed by atoms with Crippen molar-refractivity contribution in [3.8, 4) is 11.4 Å². The van der Waals surface area contributed by atoms with E-state index in [9.17, 15) is 19.1 Å². The highest BCUT2D eigenvalue weighted by Crippen LogP contribution is 2.35. The number of nitrogens with one attached hydrogen (secondary N) is 1. The zero-order chi connectivity index (χ0) is 24.6. The van der Waals surface area contributed by atoms with Crippen molar-refractivity contribution in [3.63, 3.8) is 0 Å². The molecule has 1 fully saturated rings. The predicted octanol–water partition coefficient (Wildman–Crippen LogP) is 0.107. The predicted molar refractivity (Wildman–Crippen MR) is 119 cm³/mol. The molecule has 12 heteroatoms. The average Bonchev–Trinajstić information content (AvgIpc) is 3.21. The van der Waals surface area contributed by atoms with Crippen molar-refractivity contribution in [1.82, 2.24) is 24.8 Å². The molecule has 1 saturated heterocycles. The second kappa shape index (κ2) is 9.19. The second-order valence-electron chi connectivity index (χ2n) is 8.74. The van der Waals surface area contributed by atoms with Crippen LogP contribution in [-0.4, -0.2) is 56.9 Å². The molecule has 0 radical (unpaired) electrons. The van der Waals surface area contributed by atoms with Crippen LogP contribution >= 0.6 is 0 Å². The Bertz CT molecular complexity index is 1330. The van der Waals surface area contributed by atoms with Crippen molar-refractivity contribution in [1.29, 1.82) is 0 Å². The summed E-state index contributed by atoms with van der Waals surface area (Å²) in [6, 6.07) is 4.18. The molecule has 2 N–H and O–H groups in total. The summed E-state index contributed by atoms with van der Waals surface area (Å²) in [6.07, 6.45) is 4.41. The number of carbonyl (C=O) groups excluding carboxylic acids is 1. The highest BCUT2D eigenvalue weighted by Gasteiger charge is 2.41. The van der Waals surface area contributed by atoms with Crippen LogP contribution in [0.3, 0.4) is 0 Å². The molecule has 2 aromatic heterocycles. The largest absolute Gasteiger partial charge is 0.501 e. The maximum absolute atomic E-state index is 14.0. The quantitative estimate of drug-likeness (QED) is 0.503. The lowest BCUT2D eigenvalue weighted by atomic mass is 9.80. The monoisotopic (exact) mass is 485 g/mol. The van der Waals surface area contributed by atoms with Gasteiger partial charge < -0.3 is 19.9 Å². The first-order valence-corrected chi connectivity index (χ1v) is 11.4. The third kappa shape index (κ3) is 4.19. The fourth-order valence-electron chi connectivity index (χ4n) is 4.67. The van der Waals surface area contributed by atoms with E-state index >= 15 is 0 Å². The number of nitrogens with zero attached hydrogens (tertiary/aromatic N) is 5. The minimum Gasteiger partial charge on any atom is -0.501 e. The number of aromatic hydroxyl groups is 1. The van der Waals surface area contributed by atoms with Crippen LogP contribution in [0, 0.1) is 5.82 Å². The van der Waals surface area contributed by atoms with Crippen LogP contribution in [0.4, 0.5) is 4.39 Å². The van der Waals surface area contributed by atoms with Crippen molar-refractivity contribution in [3.05, 3.63) is 63.8 Å². The zero-order valence-electron chi connectivity index (χ0n) is 19.2. The third-order valence-corrected chi connectivity index (χ3v) is 6.61. The van der Waals surface area contributed by atoms with E-state index in [1.54, 1.807) is 30.2 Å². The molecule has 1 amide bonds. The molecule has 11 nitrogen and oxygen atoms in total. The average molecular weight is 485 g/mol. The number of hydrogen-bond donors (Lipinski definition) is 2. The molecule has 0 unspecified atom stereocenters. The van der Waals surface area contributed by atoms with Gasteiger partial charge in [-0.15, -0.1) is 4.68 Å². The Labute approximate surface area is 199 Å². The number of hydrogen-bond acceptors (Lipinski definition) is 7. The van der Waals surface area contributed by atoms with Crippen molar-refractivity contribution in [2.75, 3.05) is 26.4 Å². The molecule has 0 atom stereocenters. The fourth-order valence-corrected chi connectivity index (χ4v) is 4.67. The van der Waals surface area contributed by atoms with Gasteiger partial charge in [-0.2, -0.15) is 0 Å². The van der Waals surface area contributed by atoms with E-state index in [1.165, 1.54) is 21.5 Å². The fraction of sp³-hybridized carbons (Fsp3) is 0.435. The molecule has 0 saturated carbocycles. The number of halogens is 1. The lowest BCUT2D eigenvalue weighted by Crippen LogP contribution is -2.43. The first-order chi connectivity index (χ1) is 16.9. The topological polar surface area (TPSA) is 124 Å². The van der Waals surface area contributed by atoms with Crippen molar-refractivity contribution < 1.29 is 28.4 Å². The Kier molecular flexibility index (Phi) is 6.07. The van der Waals surface area contributed by atoms with Gasteiger partial charge in [-0.05, 0) is 23.7 Å². The summed E-state index contributed by atoms with van der Waals surface area (Å²) in [5.74, 6) is -1.43. The van der Waals surface area contributed by atoms with Crippen LogP contribution < -0.4 is 15.6 Å². The van der Waals surface area contributed by atoms with Gasteiger partial charge in [0.2, 0.25) is 11.9 Å². The SMILES string of the molecule is Cn1ncc[n+]1-c1cc(F)ccc1CNC(=O)c1nc2n(c(=O)c1O)CCOCC21CCOCC1. The first kappa shape index (κ1) is 23.1. The molecule has 0 bridgehead atoms. The number of ether oxygens (including phenoxy) is 2. The number of aryl methyl sites for hydroxylation is 1. The van der Waals surface area contributed by atoms with E-state index in [4.69, 9.17) is 9.47 Å². The van der Waals surface area contributed by atoms with E-state index in [0.29, 0.717) is 56.3 Å². The highest BCUT2D eigenvalue weighted by atomic mass is 19.1. The first-order valence-electron chi connectivity index (χ1n) is 11.4. The van der Waals surface area contributed by atoms with E-state index < -0.39 is 28.4 Å². The van der Waals surface area contributed by atoms with Gasteiger partial charge in [-0.1, -0.05) is 6.07 Å². The van der Waals surface area contributed by atoms with Crippen LogP contribution in [-0.2, 0) is 35.0 Å². The summed E-state index contributed by atoms with van der Waals surface area (Å²) in [4.78, 5) is 32.2. The van der Waals surface area contributed by atoms with Crippen LogP contribution in [0.25, 0.3) is 5.69 Å². The van der Waals surface area contributed by atoms with Crippen LogP contribution in [0.15, 0.2) is 35.4 Å². The Morgan fingerprint density at radius 3 is 2.83 bits per heavy atom. The lowest BCUT2D eigenvalue weighted by Gasteiger charge is -2.35. The Morgan fingerprint density at radius 1 is 1.29 bits per heavy atom. The molecule has 2 aliphatic rings. The normalized spacial score (nSPS) is 17.1. The number of carbonyl (C=O) groups is 1. The number of fused-ring (bicyclic) bond motifs is 2. The third-order valence-electron chi connectivity index (χ3n) is 6.61. The molecular weight excluding hydrogens is 459 g/mol. The summed E-state index contributed by atoms with van der Waals surface area (Å²) >= 11 is 0. The van der Waals surface area contributed by atoms with Gasteiger partial charge in [0, 0.05) is 36.5 Å². The van der Waals surface area contributed by atoms with E-state index in [2.05, 4.69) is 15.4 Å².